The molecule has 0 atom stereocenters. The average Bonchev–Trinajstić information content (AvgIpc) is 2.83. The first-order valence-electron chi connectivity index (χ1n) is 10.3. The number of fused-ring (bicyclic) bond motifs is 1. The predicted molar refractivity (Wildman–Crippen MR) is 157 cm³/mol. The number of amides is 1. The van der Waals surface area contributed by atoms with Gasteiger partial charge in [0.05, 0.1) is 22.7 Å². The maximum atomic E-state index is 12.8. The molecule has 0 radical (unpaired) electrons. The molecule has 0 saturated carbocycles. The van der Waals surface area contributed by atoms with Gasteiger partial charge in [0, 0.05) is 18.1 Å². The number of carbonyl (C=O) groups excluding carboxylic acids is 2. The summed E-state index contributed by atoms with van der Waals surface area (Å²) in [6, 6.07) is 22.4. The van der Waals surface area contributed by atoms with E-state index in [9.17, 15) is 9.59 Å². The van der Waals surface area contributed by atoms with Crippen LogP contribution in [-0.4, -0.2) is 18.1 Å². The minimum atomic E-state index is -0.487. The second-order valence-electron chi connectivity index (χ2n) is 7.40. The number of benzene rings is 4. The van der Waals surface area contributed by atoms with Crippen molar-refractivity contribution in [1.82, 2.24) is 5.43 Å². The normalized spacial score (nSPS) is 11.1. The Morgan fingerprint density at radius 2 is 1.63 bits per heavy atom. The molecule has 0 heterocycles. The van der Waals surface area contributed by atoms with Crippen molar-refractivity contribution in [2.45, 2.75) is 6.42 Å². The Morgan fingerprint density at radius 1 is 0.914 bits per heavy atom. The molecule has 0 spiro atoms. The van der Waals surface area contributed by atoms with Gasteiger partial charge >= 0.3 is 5.97 Å². The van der Waals surface area contributed by atoms with Crippen LogP contribution in [-0.2, 0) is 11.2 Å². The van der Waals surface area contributed by atoms with E-state index in [0.29, 0.717) is 21.3 Å². The van der Waals surface area contributed by atoms with Crippen molar-refractivity contribution in [2.75, 3.05) is 0 Å². The Balaban J connectivity index is 1.51. The number of hydrogen-bond acceptors (Lipinski definition) is 4. The molecule has 1 N–H and O–H groups in total. The quantitative estimate of drug-likeness (QED) is 0.0721. The van der Waals surface area contributed by atoms with E-state index in [4.69, 9.17) is 4.74 Å². The van der Waals surface area contributed by atoms with Crippen LogP contribution in [0.5, 0.6) is 5.75 Å². The average molecular weight is 771 g/mol. The van der Waals surface area contributed by atoms with Gasteiger partial charge in [-0.15, -0.1) is 0 Å². The molecular weight excluding hydrogens is 755 g/mol. The van der Waals surface area contributed by atoms with Gasteiger partial charge in [0.1, 0.15) is 0 Å². The molecule has 35 heavy (non-hydrogen) atoms. The number of halogens is 4. The first kappa shape index (κ1) is 26.0. The largest absolute Gasteiger partial charge is 0.421 e. The van der Waals surface area contributed by atoms with Gasteiger partial charge in [-0.1, -0.05) is 74.3 Å². The number of ether oxygens (including phenoxy) is 1. The van der Waals surface area contributed by atoms with Gasteiger partial charge in [0.15, 0.2) is 5.75 Å². The number of rotatable bonds is 6. The van der Waals surface area contributed by atoms with Gasteiger partial charge in [0.25, 0.3) is 0 Å². The molecule has 4 rings (SSSR count). The Bertz CT molecular complexity index is 1470. The van der Waals surface area contributed by atoms with E-state index in [1.807, 2.05) is 48.5 Å². The van der Waals surface area contributed by atoms with Gasteiger partial charge in [0.2, 0.25) is 5.91 Å². The summed E-state index contributed by atoms with van der Waals surface area (Å²) in [5.74, 6) is -0.450. The molecule has 0 unspecified atom stereocenters. The van der Waals surface area contributed by atoms with E-state index in [2.05, 4.69) is 80.9 Å². The molecular formula is C26H16Br3IN2O3. The van der Waals surface area contributed by atoms with Crippen molar-refractivity contribution >= 4 is 99.2 Å². The maximum Gasteiger partial charge on any atom is 0.344 e. The van der Waals surface area contributed by atoms with E-state index in [-0.39, 0.29) is 12.3 Å². The predicted octanol–water partition coefficient (Wildman–Crippen LogP) is 7.64. The van der Waals surface area contributed by atoms with Crippen molar-refractivity contribution in [2.24, 2.45) is 5.10 Å². The van der Waals surface area contributed by atoms with E-state index in [0.717, 1.165) is 28.9 Å². The van der Waals surface area contributed by atoms with Crippen molar-refractivity contribution in [3.05, 3.63) is 106 Å². The van der Waals surface area contributed by atoms with Gasteiger partial charge in [-0.05, 0) is 85.2 Å². The molecule has 0 fully saturated rings. The molecule has 0 aliphatic heterocycles. The van der Waals surface area contributed by atoms with Crippen LogP contribution in [0, 0.1) is 3.57 Å². The number of hydrazone groups is 1. The van der Waals surface area contributed by atoms with Crippen LogP contribution in [0.15, 0.2) is 91.3 Å². The summed E-state index contributed by atoms with van der Waals surface area (Å²) < 4.78 is 8.78. The molecule has 9 heteroatoms. The summed E-state index contributed by atoms with van der Waals surface area (Å²) in [5, 5.41) is 6.15. The molecule has 0 aromatic heterocycles. The van der Waals surface area contributed by atoms with Crippen molar-refractivity contribution in [1.29, 1.82) is 0 Å². The molecule has 0 bridgehead atoms. The zero-order valence-electron chi connectivity index (χ0n) is 17.9. The summed E-state index contributed by atoms with van der Waals surface area (Å²) in [6.07, 6.45) is 1.62. The minimum absolute atomic E-state index is 0.168. The van der Waals surface area contributed by atoms with Crippen LogP contribution >= 0.6 is 70.4 Å². The fourth-order valence-electron chi connectivity index (χ4n) is 3.42. The lowest BCUT2D eigenvalue weighted by molar-refractivity contribution is -0.120. The first-order chi connectivity index (χ1) is 16.8. The third-order valence-electron chi connectivity index (χ3n) is 5.03. The minimum Gasteiger partial charge on any atom is -0.421 e. The van der Waals surface area contributed by atoms with Crippen molar-refractivity contribution in [3.8, 4) is 5.75 Å². The molecule has 0 saturated heterocycles. The van der Waals surface area contributed by atoms with Crippen LogP contribution in [0.4, 0.5) is 0 Å². The second kappa shape index (κ2) is 11.8. The van der Waals surface area contributed by atoms with Crippen molar-refractivity contribution < 1.29 is 14.3 Å². The Labute approximate surface area is 240 Å². The fourth-order valence-corrected chi connectivity index (χ4v) is 5.85. The Kier molecular flexibility index (Phi) is 8.74. The van der Waals surface area contributed by atoms with E-state index >= 15 is 0 Å². The van der Waals surface area contributed by atoms with Gasteiger partial charge in [-0.2, -0.15) is 5.10 Å². The van der Waals surface area contributed by atoms with Gasteiger partial charge in [-0.3, -0.25) is 4.79 Å². The van der Waals surface area contributed by atoms with E-state index in [1.165, 1.54) is 6.21 Å². The molecule has 0 aliphatic carbocycles. The monoisotopic (exact) mass is 768 g/mol. The first-order valence-corrected chi connectivity index (χ1v) is 13.7. The van der Waals surface area contributed by atoms with Crippen LogP contribution in [0.2, 0.25) is 0 Å². The highest BCUT2D eigenvalue weighted by atomic mass is 127. The molecule has 1 amide bonds. The smallest absolute Gasteiger partial charge is 0.344 e. The number of nitrogens with zero attached hydrogens (tertiary/aromatic N) is 1. The maximum absolute atomic E-state index is 12.8. The number of carbonyl (C=O) groups is 2. The summed E-state index contributed by atoms with van der Waals surface area (Å²) in [7, 11) is 0. The molecule has 176 valence electrons. The zero-order chi connectivity index (χ0) is 24.9. The third kappa shape index (κ3) is 6.38. The Morgan fingerprint density at radius 3 is 2.40 bits per heavy atom. The lowest BCUT2D eigenvalue weighted by atomic mass is 10.0. The lowest BCUT2D eigenvalue weighted by Crippen LogP contribution is -2.20. The fraction of sp³-hybridized carbons (Fsp3) is 0.0385. The lowest BCUT2D eigenvalue weighted by Gasteiger charge is -2.11. The molecule has 4 aromatic rings. The van der Waals surface area contributed by atoms with Crippen molar-refractivity contribution in [3.63, 3.8) is 0 Å². The second-order valence-corrected chi connectivity index (χ2v) is 11.2. The SMILES string of the molecule is O=C(Cc1ccc(Br)c2ccccc12)N/N=C/c1cc(Br)cc(Br)c1OC(=O)c1ccccc1I. The molecule has 0 aliphatic rings. The van der Waals surface area contributed by atoms with Crippen LogP contribution in [0.3, 0.4) is 0 Å². The highest BCUT2D eigenvalue weighted by Crippen LogP contribution is 2.33. The van der Waals surface area contributed by atoms with Crippen LogP contribution < -0.4 is 10.2 Å². The standard InChI is InChI=1S/C26H16Br3IN2O3/c27-17-11-16(25(22(29)13-17)35-26(34)20-7-3-4-8-23(20)30)14-31-32-24(33)12-15-9-10-21(28)19-6-2-1-5-18(15)19/h1-11,13-14H,12H2,(H,32,33)/b31-14+. The van der Waals surface area contributed by atoms with Gasteiger partial charge in [-0.25, -0.2) is 10.2 Å². The topological polar surface area (TPSA) is 67.8 Å². The molecule has 5 nitrogen and oxygen atoms in total. The summed E-state index contributed by atoms with van der Waals surface area (Å²) in [6.45, 7) is 0. The molecule has 4 aromatic carbocycles. The zero-order valence-corrected chi connectivity index (χ0v) is 24.8. The van der Waals surface area contributed by atoms with E-state index < -0.39 is 5.97 Å². The highest BCUT2D eigenvalue weighted by molar-refractivity contribution is 14.1. The van der Waals surface area contributed by atoms with Gasteiger partial charge < -0.3 is 4.74 Å². The van der Waals surface area contributed by atoms with E-state index in [1.54, 1.807) is 24.3 Å². The number of hydrogen-bond donors (Lipinski definition) is 1. The number of esters is 1. The van der Waals surface area contributed by atoms with Crippen LogP contribution in [0.25, 0.3) is 10.8 Å². The van der Waals surface area contributed by atoms with Crippen LogP contribution in [0.1, 0.15) is 21.5 Å². The summed E-state index contributed by atoms with van der Waals surface area (Å²) in [4.78, 5) is 25.4. The summed E-state index contributed by atoms with van der Waals surface area (Å²) in [5.41, 5.74) is 4.44. The number of nitrogens with one attached hydrogen (secondary N) is 1. The third-order valence-corrected chi connectivity index (χ3v) is 7.71. The highest BCUT2D eigenvalue weighted by Gasteiger charge is 2.17. The summed E-state index contributed by atoms with van der Waals surface area (Å²) >= 11 is 12.5. The Hall–Kier alpha value is -2.08.